The summed E-state index contributed by atoms with van der Waals surface area (Å²) in [6, 6.07) is 15.9. The van der Waals surface area contributed by atoms with E-state index in [9.17, 15) is 4.79 Å². The summed E-state index contributed by atoms with van der Waals surface area (Å²) in [6.07, 6.45) is 4.74. The van der Waals surface area contributed by atoms with Crippen molar-refractivity contribution in [2.24, 2.45) is 0 Å². The molecular formula is C36H42N4O4Si. The van der Waals surface area contributed by atoms with Crippen molar-refractivity contribution in [3.8, 4) is 34.8 Å². The first-order valence-electron chi connectivity index (χ1n) is 15.5. The third-order valence-electron chi connectivity index (χ3n) is 7.48. The van der Waals surface area contributed by atoms with Crippen molar-refractivity contribution >= 4 is 25.1 Å². The first-order valence-corrected chi connectivity index (χ1v) is 19.0. The Bertz CT molecular complexity index is 1800. The van der Waals surface area contributed by atoms with E-state index in [0.29, 0.717) is 36.0 Å². The fraction of sp³-hybridized carbons (Fsp3) is 0.389. The molecule has 1 saturated heterocycles. The van der Waals surface area contributed by atoms with Crippen molar-refractivity contribution < 1.29 is 14.2 Å². The van der Waals surface area contributed by atoms with E-state index in [1.807, 2.05) is 73.1 Å². The topological polar surface area (TPSA) is 104 Å². The Hall–Kier alpha value is -4.44. The number of nitrogens with two attached hydrogens (primary N) is 1. The maximum absolute atomic E-state index is 13.1. The van der Waals surface area contributed by atoms with Gasteiger partial charge in [0.2, 0.25) is 5.95 Å². The summed E-state index contributed by atoms with van der Waals surface area (Å²) < 4.78 is 21.0. The Morgan fingerprint density at radius 1 is 1.00 bits per heavy atom. The van der Waals surface area contributed by atoms with E-state index in [-0.39, 0.29) is 23.7 Å². The van der Waals surface area contributed by atoms with Gasteiger partial charge in [0, 0.05) is 25.5 Å². The zero-order valence-electron chi connectivity index (χ0n) is 26.8. The van der Waals surface area contributed by atoms with Gasteiger partial charge in [-0.25, -0.2) is 0 Å². The second-order valence-electron chi connectivity index (χ2n) is 12.6. The molecule has 4 aromatic rings. The van der Waals surface area contributed by atoms with Crippen LogP contribution in [0.2, 0.25) is 19.6 Å². The SMILES string of the molecule is Cc1ccc(OC[C@H]2O[C@@H](n3cc(C#CCCCCC#C[Si](C)(C)C)c4c(=O)[nH]c(N)nc43)C[C@@H]2Oc2ccc(C)cc2)cc1. The van der Waals surface area contributed by atoms with Crippen LogP contribution in [-0.2, 0) is 4.74 Å². The van der Waals surface area contributed by atoms with Crippen LogP contribution in [0.25, 0.3) is 11.0 Å². The first-order chi connectivity index (χ1) is 21.6. The molecule has 0 bridgehead atoms. The van der Waals surface area contributed by atoms with Crippen molar-refractivity contribution in [1.29, 1.82) is 0 Å². The molecule has 0 saturated carbocycles. The molecule has 9 heteroatoms. The molecule has 0 unspecified atom stereocenters. The molecule has 1 aliphatic rings. The Morgan fingerprint density at radius 3 is 2.31 bits per heavy atom. The van der Waals surface area contributed by atoms with E-state index in [1.165, 1.54) is 0 Å². The van der Waals surface area contributed by atoms with Gasteiger partial charge in [0.25, 0.3) is 5.56 Å². The summed E-state index contributed by atoms with van der Waals surface area (Å²) in [5, 5.41) is 0.400. The van der Waals surface area contributed by atoms with E-state index >= 15 is 0 Å². The molecule has 3 heterocycles. The van der Waals surface area contributed by atoms with Gasteiger partial charge < -0.3 is 24.5 Å². The van der Waals surface area contributed by atoms with Crippen molar-refractivity contribution in [3.63, 3.8) is 0 Å². The molecule has 0 spiro atoms. The number of nitrogens with one attached hydrogen (secondary N) is 1. The second-order valence-corrected chi connectivity index (χ2v) is 17.4. The number of hydrogen-bond donors (Lipinski definition) is 2. The van der Waals surface area contributed by atoms with Gasteiger partial charge in [-0.05, 0) is 51.0 Å². The van der Waals surface area contributed by atoms with Gasteiger partial charge in [0.05, 0.1) is 10.9 Å². The van der Waals surface area contributed by atoms with E-state index in [2.05, 4.69) is 52.9 Å². The van der Waals surface area contributed by atoms with Gasteiger partial charge >= 0.3 is 0 Å². The van der Waals surface area contributed by atoms with Crippen LogP contribution in [0.1, 0.15) is 55.0 Å². The van der Waals surface area contributed by atoms with Gasteiger partial charge in [-0.3, -0.25) is 9.78 Å². The molecule has 1 fully saturated rings. The van der Waals surface area contributed by atoms with Crippen LogP contribution in [0.15, 0.2) is 59.5 Å². The number of rotatable bonds is 9. The zero-order valence-corrected chi connectivity index (χ0v) is 27.8. The number of unbranched alkanes of at least 4 members (excludes halogenated alkanes) is 3. The molecule has 2 aromatic carbocycles. The third-order valence-corrected chi connectivity index (χ3v) is 8.40. The number of nitrogens with zero attached hydrogens (tertiary/aromatic N) is 2. The molecule has 45 heavy (non-hydrogen) atoms. The van der Waals surface area contributed by atoms with Crippen LogP contribution in [-0.4, -0.2) is 41.4 Å². The Morgan fingerprint density at radius 2 is 1.64 bits per heavy atom. The molecule has 8 nitrogen and oxygen atoms in total. The predicted molar refractivity (Wildman–Crippen MR) is 182 cm³/mol. The number of aromatic amines is 1. The number of nitrogen functional groups attached to an aromatic ring is 1. The second kappa shape index (κ2) is 14.1. The van der Waals surface area contributed by atoms with Gasteiger partial charge in [-0.2, -0.15) is 4.98 Å². The molecule has 234 valence electrons. The maximum atomic E-state index is 13.1. The predicted octanol–water partition coefficient (Wildman–Crippen LogP) is 6.53. The van der Waals surface area contributed by atoms with Crippen molar-refractivity contribution in [2.45, 2.75) is 84.0 Å². The maximum Gasteiger partial charge on any atom is 0.263 e. The highest BCUT2D eigenvalue weighted by molar-refractivity contribution is 6.83. The largest absolute Gasteiger partial charge is 0.491 e. The molecule has 5 rings (SSSR count). The highest BCUT2D eigenvalue weighted by Crippen LogP contribution is 2.35. The van der Waals surface area contributed by atoms with Gasteiger partial charge in [0.1, 0.15) is 44.6 Å². The lowest BCUT2D eigenvalue weighted by molar-refractivity contribution is -0.0339. The smallest absolute Gasteiger partial charge is 0.263 e. The minimum Gasteiger partial charge on any atom is -0.491 e. The molecular weight excluding hydrogens is 581 g/mol. The van der Waals surface area contributed by atoms with Crippen LogP contribution < -0.4 is 20.8 Å². The molecule has 3 N–H and O–H groups in total. The van der Waals surface area contributed by atoms with Crippen molar-refractivity contribution in [2.75, 3.05) is 12.3 Å². The van der Waals surface area contributed by atoms with Crippen LogP contribution in [0, 0.1) is 37.2 Å². The first kappa shape index (κ1) is 32.0. The van der Waals surface area contributed by atoms with Gasteiger partial charge in [-0.1, -0.05) is 66.9 Å². The molecule has 0 radical (unpaired) electrons. The minimum absolute atomic E-state index is 0.0375. The number of anilines is 1. The fourth-order valence-electron chi connectivity index (χ4n) is 5.15. The molecule has 0 aliphatic carbocycles. The highest BCUT2D eigenvalue weighted by Gasteiger charge is 2.39. The number of hydrogen-bond acceptors (Lipinski definition) is 6. The molecule has 2 aromatic heterocycles. The van der Waals surface area contributed by atoms with Crippen LogP contribution >= 0.6 is 0 Å². The minimum atomic E-state index is -1.34. The van der Waals surface area contributed by atoms with Crippen LogP contribution in [0.5, 0.6) is 11.5 Å². The lowest BCUT2D eigenvalue weighted by atomic mass is 10.1. The van der Waals surface area contributed by atoms with E-state index in [0.717, 1.165) is 41.9 Å². The summed E-state index contributed by atoms with van der Waals surface area (Å²) in [5.74, 6) is 11.3. The van der Waals surface area contributed by atoms with Crippen LogP contribution in [0.4, 0.5) is 5.95 Å². The average Bonchev–Trinajstić information content (AvgIpc) is 3.55. The zero-order chi connectivity index (χ0) is 32.0. The summed E-state index contributed by atoms with van der Waals surface area (Å²) in [6.45, 7) is 11.1. The standard InChI is InChI=1S/C36H42N4O4Si/c1-25-13-17-28(18-14-25)42-24-31-30(43-29-19-15-26(2)16-20-29)22-32(44-31)40-23-27(33-34(40)38-36(37)39-35(33)41)12-10-8-6-7-9-11-21-45(3,4)5/h13-20,23,30-32H,6-9,22,24H2,1-5H3,(H3,37,38,39,41)/t30-,31+,32+/m0/s1. The average molecular weight is 623 g/mol. The van der Waals surface area contributed by atoms with Crippen molar-refractivity contribution in [1.82, 2.24) is 14.5 Å². The number of aryl methyl sites for hydroxylation is 2. The number of H-pyrrole nitrogens is 1. The molecule has 1 aliphatic heterocycles. The molecule has 3 atom stereocenters. The number of benzene rings is 2. The van der Waals surface area contributed by atoms with Gasteiger partial charge in [0.15, 0.2) is 5.65 Å². The number of aromatic nitrogens is 3. The normalized spacial score (nSPS) is 17.8. The summed E-state index contributed by atoms with van der Waals surface area (Å²) in [7, 11) is -1.34. The van der Waals surface area contributed by atoms with Crippen LogP contribution in [0.3, 0.4) is 0 Å². The monoisotopic (exact) mass is 622 g/mol. The lowest BCUT2D eigenvalue weighted by Crippen LogP contribution is -2.32. The summed E-state index contributed by atoms with van der Waals surface area (Å²) >= 11 is 0. The Labute approximate surface area is 266 Å². The number of fused-ring (bicyclic) bond motifs is 1. The summed E-state index contributed by atoms with van der Waals surface area (Å²) in [5.41, 5.74) is 12.4. The number of ether oxygens (including phenoxy) is 3. The fourth-order valence-corrected chi connectivity index (χ4v) is 5.80. The van der Waals surface area contributed by atoms with Gasteiger partial charge in [-0.15, -0.1) is 11.5 Å². The summed E-state index contributed by atoms with van der Waals surface area (Å²) in [4.78, 5) is 20.2. The van der Waals surface area contributed by atoms with E-state index in [1.54, 1.807) is 0 Å². The van der Waals surface area contributed by atoms with E-state index < -0.39 is 14.3 Å². The lowest BCUT2D eigenvalue weighted by Gasteiger charge is -2.20. The molecule has 0 amide bonds. The Balaban J connectivity index is 1.37. The Kier molecular flexibility index (Phi) is 10.0. The van der Waals surface area contributed by atoms with Crippen molar-refractivity contribution in [3.05, 3.63) is 81.8 Å². The quantitative estimate of drug-likeness (QED) is 0.125. The highest BCUT2D eigenvalue weighted by atomic mass is 28.3. The van der Waals surface area contributed by atoms with E-state index in [4.69, 9.17) is 19.9 Å². The third kappa shape index (κ3) is 8.60.